The van der Waals surface area contributed by atoms with Crippen LogP contribution in [0.5, 0.6) is 5.88 Å². The fourth-order valence-corrected chi connectivity index (χ4v) is 2.01. The van der Waals surface area contributed by atoms with E-state index in [1.807, 2.05) is 20.8 Å². The Balaban J connectivity index is 1.88. The largest absolute Gasteiger partial charge is 0.472 e. The molecule has 0 unspecified atom stereocenters. The summed E-state index contributed by atoms with van der Waals surface area (Å²) in [6.45, 7) is 6.63. The van der Waals surface area contributed by atoms with Crippen molar-refractivity contribution in [1.82, 2.24) is 14.9 Å². The quantitative estimate of drug-likeness (QED) is 0.785. The summed E-state index contributed by atoms with van der Waals surface area (Å²) >= 11 is 5.77. The predicted octanol–water partition coefficient (Wildman–Crippen LogP) is 2.52. The Morgan fingerprint density at radius 2 is 2.20 bits per heavy atom. The van der Waals surface area contributed by atoms with Gasteiger partial charge in [0.2, 0.25) is 5.88 Å². The first kappa shape index (κ1) is 14.8. The molecule has 7 heteroatoms. The fraction of sp³-hybridized carbons (Fsp3) is 0.615. The van der Waals surface area contributed by atoms with Crippen LogP contribution in [0.15, 0.2) is 12.4 Å². The van der Waals surface area contributed by atoms with Crippen molar-refractivity contribution in [3.8, 4) is 5.88 Å². The number of ether oxygens (including phenoxy) is 2. The number of halogens is 1. The summed E-state index contributed by atoms with van der Waals surface area (Å²) < 4.78 is 11.0. The fourth-order valence-electron chi connectivity index (χ4n) is 1.87. The topological polar surface area (TPSA) is 64.5 Å². The molecule has 1 aromatic heterocycles. The van der Waals surface area contributed by atoms with Gasteiger partial charge in [-0.25, -0.2) is 14.8 Å². The third-order valence-corrected chi connectivity index (χ3v) is 2.90. The molecule has 1 amide bonds. The second-order valence-electron chi connectivity index (χ2n) is 5.63. The molecule has 6 nitrogen and oxygen atoms in total. The Bertz CT molecular complexity index is 490. The van der Waals surface area contributed by atoms with Crippen LogP contribution in [0.2, 0.25) is 5.15 Å². The molecule has 2 heterocycles. The van der Waals surface area contributed by atoms with Crippen molar-refractivity contribution in [2.45, 2.75) is 38.9 Å². The van der Waals surface area contributed by atoms with Gasteiger partial charge in [-0.3, -0.25) is 0 Å². The van der Waals surface area contributed by atoms with E-state index >= 15 is 0 Å². The maximum Gasteiger partial charge on any atom is 0.410 e. The van der Waals surface area contributed by atoms with Gasteiger partial charge in [0, 0.05) is 19.0 Å². The van der Waals surface area contributed by atoms with Crippen LogP contribution in [0.4, 0.5) is 4.79 Å². The van der Waals surface area contributed by atoms with Crippen LogP contribution < -0.4 is 4.74 Å². The smallest absolute Gasteiger partial charge is 0.410 e. The Morgan fingerprint density at radius 3 is 2.85 bits per heavy atom. The van der Waals surface area contributed by atoms with Crippen molar-refractivity contribution in [1.29, 1.82) is 0 Å². The zero-order valence-electron chi connectivity index (χ0n) is 11.8. The van der Waals surface area contributed by atoms with E-state index in [1.165, 1.54) is 6.33 Å². The number of hydrogen-bond acceptors (Lipinski definition) is 5. The first-order valence-corrected chi connectivity index (χ1v) is 6.83. The molecule has 1 aromatic rings. The van der Waals surface area contributed by atoms with E-state index in [0.717, 1.165) is 6.42 Å². The van der Waals surface area contributed by atoms with Crippen LogP contribution in [0, 0.1) is 0 Å². The molecule has 0 bridgehead atoms. The first-order valence-electron chi connectivity index (χ1n) is 6.45. The number of carbonyl (C=O) groups is 1. The van der Waals surface area contributed by atoms with Crippen LogP contribution in [0.3, 0.4) is 0 Å². The molecule has 1 aliphatic heterocycles. The minimum absolute atomic E-state index is 0.103. The van der Waals surface area contributed by atoms with Gasteiger partial charge in [-0.15, -0.1) is 0 Å². The highest BCUT2D eigenvalue weighted by Crippen LogP contribution is 2.20. The number of likely N-dealkylation sites (tertiary alicyclic amines) is 1. The van der Waals surface area contributed by atoms with Crippen LogP contribution in [0.25, 0.3) is 0 Å². The molecule has 20 heavy (non-hydrogen) atoms. The molecule has 1 saturated heterocycles. The Hall–Kier alpha value is -1.56. The molecule has 110 valence electrons. The highest BCUT2D eigenvalue weighted by atomic mass is 35.5. The van der Waals surface area contributed by atoms with E-state index in [-0.39, 0.29) is 12.2 Å². The molecule has 0 N–H and O–H groups in total. The lowest BCUT2D eigenvalue weighted by Gasteiger charge is -2.24. The second kappa shape index (κ2) is 5.83. The number of rotatable bonds is 2. The lowest BCUT2D eigenvalue weighted by molar-refractivity contribution is 0.0275. The molecule has 1 fully saturated rings. The molecule has 0 radical (unpaired) electrons. The molecular formula is C13H18ClN3O3. The zero-order valence-corrected chi connectivity index (χ0v) is 12.6. The van der Waals surface area contributed by atoms with Gasteiger partial charge in [0.15, 0.2) is 0 Å². The van der Waals surface area contributed by atoms with Gasteiger partial charge < -0.3 is 14.4 Å². The van der Waals surface area contributed by atoms with Crippen molar-refractivity contribution < 1.29 is 14.3 Å². The maximum absolute atomic E-state index is 11.9. The standard InChI is InChI=1S/C13H18ClN3O3/c1-13(2,3)20-12(18)17-5-4-9(7-17)19-11-6-10(14)15-8-16-11/h6,8-9H,4-5,7H2,1-3H3/t9-/m1/s1. The number of nitrogens with zero attached hydrogens (tertiary/aromatic N) is 3. The molecular weight excluding hydrogens is 282 g/mol. The summed E-state index contributed by atoms with van der Waals surface area (Å²) in [6, 6.07) is 1.55. The minimum atomic E-state index is -0.490. The van der Waals surface area contributed by atoms with Crippen molar-refractivity contribution in [3.05, 3.63) is 17.5 Å². The van der Waals surface area contributed by atoms with Gasteiger partial charge in [0.25, 0.3) is 0 Å². The molecule has 0 saturated carbocycles. The van der Waals surface area contributed by atoms with Crippen LogP contribution in [-0.4, -0.2) is 45.8 Å². The summed E-state index contributed by atoms with van der Waals surface area (Å²) in [5.41, 5.74) is -0.490. The average molecular weight is 300 g/mol. The lowest BCUT2D eigenvalue weighted by Crippen LogP contribution is -2.36. The average Bonchev–Trinajstić information content (AvgIpc) is 2.75. The maximum atomic E-state index is 11.9. The van der Waals surface area contributed by atoms with Crippen LogP contribution in [0.1, 0.15) is 27.2 Å². The Kier molecular flexibility index (Phi) is 4.32. The van der Waals surface area contributed by atoms with E-state index in [0.29, 0.717) is 24.1 Å². The first-order chi connectivity index (χ1) is 9.33. The van der Waals surface area contributed by atoms with Gasteiger partial charge in [0.1, 0.15) is 23.2 Å². The van der Waals surface area contributed by atoms with Crippen LogP contribution in [-0.2, 0) is 4.74 Å². The summed E-state index contributed by atoms with van der Waals surface area (Å²) in [4.78, 5) is 21.3. The number of hydrogen-bond donors (Lipinski definition) is 0. The van der Waals surface area contributed by atoms with Crippen molar-refractivity contribution in [2.24, 2.45) is 0 Å². The molecule has 1 aliphatic rings. The Labute approximate surface area is 123 Å². The zero-order chi connectivity index (χ0) is 14.8. The van der Waals surface area contributed by atoms with Crippen LogP contribution >= 0.6 is 11.6 Å². The van der Waals surface area contributed by atoms with Gasteiger partial charge in [0.05, 0.1) is 6.54 Å². The molecule has 1 atom stereocenters. The van der Waals surface area contributed by atoms with Gasteiger partial charge in [-0.05, 0) is 20.8 Å². The minimum Gasteiger partial charge on any atom is -0.472 e. The highest BCUT2D eigenvalue weighted by Gasteiger charge is 2.31. The van der Waals surface area contributed by atoms with Gasteiger partial charge in [-0.2, -0.15) is 0 Å². The number of carbonyl (C=O) groups excluding carboxylic acids is 1. The van der Waals surface area contributed by atoms with Gasteiger partial charge >= 0.3 is 6.09 Å². The van der Waals surface area contributed by atoms with Gasteiger partial charge in [-0.1, -0.05) is 11.6 Å². The van der Waals surface area contributed by atoms with Crippen molar-refractivity contribution in [3.63, 3.8) is 0 Å². The van der Waals surface area contributed by atoms with E-state index in [4.69, 9.17) is 21.1 Å². The SMILES string of the molecule is CC(C)(C)OC(=O)N1CC[C@@H](Oc2cc(Cl)ncn2)C1. The van der Waals surface area contributed by atoms with E-state index in [2.05, 4.69) is 9.97 Å². The summed E-state index contributed by atoms with van der Waals surface area (Å²) in [5.74, 6) is 0.418. The third kappa shape index (κ3) is 4.23. The summed E-state index contributed by atoms with van der Waals surface area (Å²) in [7, 11) is 0. The van der Waals surface area contributed by atoms with E-state index in [9.17, 15) is 4.79 Å². The summed E-state index contributed by atoms with van der Waals surface area (Å²) in [5, 5.41) is 0.331. The second-order valence-corrected chi connectivity index (χ2v) is 6.02. The highest BCUT2D eigenvalue weighted by molar-refractivity contribution is 6.29. The normalized spacial score (nSPS) is 19.0. The monoisotopic (exact) mass is 299 g/mol. The number of amides is 1. The summed E-state index contributed by atoms with van der Waals surface area (Å²) in [6.07, 6.45) is 1.66. The molecule has 2 rings (SSSR count). The van der Waals surface area contributed by atoms with Crippen molar-refractivity contribution in [2.75, 3.05) is 13.1 Å². The van der Waals surface area contributed by atoms with E-state index < -0.39 is 5.60 Å². The molecule has 0 aliphatic carbocycles. The molecule has 0 spiro atoms. The number of aromatic nitrogens is 2. The predicted molar refractivity (Wildman–Crippen MR) is 73.9 cm³/mol. The molecule has 0 aromatic carbocycles. The lowest BCUT2D eigenvalue weighted by atomic mass is 10.2. The Morgan fingerprint density at radius 1 is 1.45 bits per heavy atom. The van der Waals surface area contributed by atoms with E-state index in [1.54, 1.807) is 11.0 Å². The van der Waals surface area contributed by atoms with Crippen molar-refractivity contribution >= 4 is 17.7 Å². The third-order valence-electron chi connectivity index (χ3n) is 2.69.